The van der Waals surface area contributed by atoms with Crippen molar-refractivity contribution in [3.05, 3.63) is 75.1 Å². The van der Waals surface area contributed by atoms with Crippen LogP contribution in [0.4, 0.5) is 4.39 Å². The Morgan fingerprint density at radius 1 is 1.12 bits per heavy atom. The molecule has 5 rings (SSSR count). The molecule has 0 spiro atoms. The molecule has 0 aliphatic carbocycles. The van der Waals surface area contributed by atoms with Crippen LogP contribution >= 0.6 is 34.5 Å². The van der Waals surface area contributed by atoms with E-state index >= 15 is 0 Å². The maximum atomic E-state index is 13.2. The van der Waals surface area contributed by atoms with E-state index in [9.17, 15) is 9.18 Å². The van der Waals surface area contributed by atoms with Crippen molar-refractivity contribution in [1.82, 2.24) is 24.6 Å². The summed E-state index contributed by atoms with van der Waals surface area (Å²) in [6.07, 6.45) is 0. The maximum absolute atomic E-state index is 13.2. The third-order valence-electron chi connectivity index (χ3n) is 5.45. The van der Waals surface area contributed by atoms with Gasteiger partial charge in [-0.15, -0.1) is 21.5 Å². The minimum Gasteiger partial charge on any atom is -0.327 e. The second-order valence-electron chi connectivity index (χ2n) is 7.35. The quantitative estimate of drug-likeness (QED) is 0.370. The second kappa shape index (κ2) is 8.27. The first kappa shape index (κ1) is 21.1. The summed E-state index contributed by atoms with van der Waals surface area (Å²) in [6.45, 7) is 2.91. The Labute approximate surface area is 197 Å². The highest BCUT2D eigenvalue weighted by Crippen LogP contribution is 2.37. The number of hydrogen-bond acceptors (Lipinski definition) is 5. The van der Waals surface area contributed by atoms with Gasteiger partial charge in [0.05, 0.1) is 16.1 Å². The zero-order valence-corrected chi connectivity index (χ0v) is 19.1. The van der Waals surface area contributed by atoms with E-state index in [4.69, 9.17) is 28.2 Å². The van der Waals surface area contributed by atoms with Crippen molar-refractivity contribution in [2.45, 2.75) is 19.5 Å². The molecule has 6 nitrogen and oxygen atoms in total. The van der Waals surface area contributed by atoms with Crippen LogP contribution in [0.1, 0.15) is 29.1 Å². The van der Waals surface area contributed by atoms with Gasteiger partial charge in [0.15, 0.2) is 11.6 Å². The van der Waals surface area contributed by atoms with Crippen molar-refractivity contribution >= 4 is 40.4 Å². The number of amides is 1. The molecular formula is C22H16Cl2FN5OS. The molecule has 0 fully saturated rings. The zero-order valence-electron chi connectivity index (χ0n) is 16.8. The minimum atomic E-state index is -0.376. The molecule has 1 amide bonds. The molecule has 1 aliphatic heterocycles. The molecule has 0 saturated heterocycles. The van der Waals surface area contributed by atoms with Crippen LogP contribution in [-0.4, -0.2) is 37.1 Å². The van der Waals surface area contributed by atoms with E-state index in [1.54, 1.807) is 11.0 Å². The van der Waals surface area contributed by atoms with Crippen molar-refractivity contribution in [2.75, 3.05) is 6.54 Å². The van der Waals surface area contributed by atoms with Crippen LogP contribution < -0.4 is 0 Å². The van der Waals surface area contributed by atoms with Crippen molar-refractivity contribution in [3.63, 3.8) is 0 Å². The Balaban J connectivity index is 1.43. The van der Waals surface area contributed by atoms with Gasteiger partial charge in [0.25, 0.3) is 5.91 Å². The third kappa shape index (κ3) is 3.58. The van der Waals surface area contributed by atoms with Crippen LogP contribution in [-0.2, 0) is 6.54 Å². The van der Waals surface area contributed by atoms with Crippen LogP contribution in [0.3, 0.4) is 0 Å². The van der Waals surface area contributed by atoms with Gasteiger partial charge in [0.2, 0.25) is 0 Å². The number of hydrogen-bond donors (Lipinski definition) is 0. The Morgan fingerprint density at radius 3 is 2.69 bits per heavy atom. The molecule has 10 heteroatoms. The summed E-state index contributed by atoms with van der Waals surface area (Å²) in [5.74, 6) is 0.776. The number of halogens is 3. The lowest BCUT2D eigenvalue weighted by Crippen LogP contribution is -2.41. The summed E-state index contributed by atoms with van der Waals surface area (Å²) in [5.41, 5.74) is 1.89. The molecule has 3 heterocycles. The number of fused-ring (bicyclic) bond motifs is 1. The van der Waals surface area contributed by atoms with Crippen LogP contribution in [0.15, 0.2) is 47.8 Å². The maximum Gasteiger partial charge on any atom is 0.254 e. The lowest BCUT2D eigenvalue weighted by molar-refractivity contribution is 0.0638. The number of thiazole rings is 1. The first-order valence-electron chi connectivity index (χ1n) is 9.84. The Hall–Kier alpha value is -2.81. The summed E-state index contributed by atoms with van der Waals surface area (Å²) >= 11 is 13.9. The van der Waals surface area contributed by atoms with Gasteiger partial charge >= 0.3 is 0 Å². The Kier molecular flexibility index (Phi) is 5.44. The summed E-state index contributed by atoms with van der Waals surface area (Å²) < 4.78 is 15.2. The predicted octanol–water partition coefficient (Wildman–Crippen LogP) is 5.73. The van der Waals surface area contributed by atoms with Gasteiger partial charge in [0, 0.05) is 29.6 Å². The topological polar surface area (TPSA) is 63.9 Å². The van der Waals surface area contributed by atoms with Crippen molar-refractivity contribution in [1.29, 1.82) is 0 Å². The van der Waals surface area contributed by atoms with Crippen molar-refractivity contribution < 1.29 is 9.18 Å². The average Bonchev–Trinajstić information content (AvgIpc) is 3.43. The first-order valence-corrected chi connectivity index (χ1v) is 11.5. The normalized spacial score (nSPS) is 15.6. The summed E-state index contributed by atoms with van der Waals surface area (Å²) in [5, 5.41) is 12.3. The Bertz CT molecular complexity index is 1320. The SMILES string of the molecule is CC1c2nnc(-c3csc(-c4cccc(Cl)c4Cl)n3)n2CCN1C(=O)c1ccc(F)cc1. The molecule has 1 aliphatic rings. The molecule has 4 aromatic rings. The fraction of sp³-hybridized carbons (Fsp3) is 0.182. The summed E-state index contributed by atoms with van der Waals surface area (Å²) in [7, 11) is 0. The molecule has 1 atom stereocenters. The van der Waals surface area contributed by atoms with E-state index in [1.165, 1.54) is 35.6 Å². The molecule has 0 radical (unpaired) electrons. The van der Waals surface area contributed by atoms with Crippen LogP contribution in [0, 0.1) is 5.82 Å². The third-order valence-corrected chi connectivity index (χ3v) is 7.15. The molecule has 0 N–H and O–H groups in total. The number of rotatable bonds is 3. The van der Waals surface area contributed by atoms with E-state index in [-0.39, 0.29) is 17.8 Å². The number of carbonyl (C=O) groups is 1. The van der Waals surface area contributed by atoms with Crippen LogP contribution in [0.25, 0.3) is 22.1 Å². The average molecular weight is 488 g/mol. The first-order chi connectivity index (χ1) is 15.4. The molecule has 2 aromatic heterocycles. The van der Waals surface area contributed by atoms with E-state index < -0.39 is 0 Å². The molecule has 0 bridgehead atoms. The van der Waals surface area contributed by atoms with Crippen molar-refractivity contribution in [2.24, 2.45) is 0 Å². The Morgan fingerprint density at radius 2 is 1.91 bits per heavy atom. The van der Waals surface area contributed by atoms with Gasteiger partial charge in [-0.3, -0.25) is 4.79 Å². The molecule has 2 aromatic carbocycles. The fourth-order valence-corrected chi connectivity index (χ4v) is 5.06. The number of benzene rings is 2. The number of carbonyl (C=O) groups excluding carboxylic acids is 1. The van der Waals surface area contributed by atoms with E-state index in [0.717, 1.165) is 10.6 Å². The van der Waals surface area contributed by atoms with Gasteiger partial charge in [0.1, 0.15) is 16.5 Å². The molecule has 0 saturated carbocycles. The molecule has 162 valence electrons. The van der Waals surface area contributed by atoms with Gasteiger partial charge in [-0.1, -0.05) is 35.3 Å². The van der Waals surface area contributed by atoms with E-state index in [2.05, 4.69) is 10.2 Å². The summed E-state index contributed by atoms with van der Waals surface area (Å²) in [4.78, 5) is 19.4. The van der Waals surface area contributed by atoms with E-state index in [0.29, 0.717) is 46.0 Å². The minimum absolute atomic E-state index is 0.167. The molecule has 32 heavy (non-hydrogen) atoms. The molecular weight excluding hydrogens is 472 g/mol. The highest BCUT2D eigenvalue weighted by atomic mass is 35.5. The lowest BCUT2D eigenvalue weighted by atomic mass is 10.1. The van der Waals surface area contributed by atoms with Crippen LogP contribution in [0.5, 0.6) is 0 Å². The largest absolute Gasteiger partial charge is 0.327 e. The fourth-order valence-electron chi connectivity index (χ4n) is 3.78. The van der Waals surface area contributed by atoms with Gasteiger partial charge in [-0.05, 0) is 37.3 Å². The monoisotopic (exact) mass is 487 g/mol. The highest BCUT2D eigenvalue weighted by Gasteiger charge is 2.32. The van der Waals surface area contributed by atoms with Crippen LogP contribution in [0.2, 0.25) is 10.0 Å². The zero-order chi connectivity index (χ0) is 22.4. The van der Waals surface area contributed by atoms with Gasteiger partial charge in [-0.2, -0.15) is 0 Å². The van der Waals surface area contributed by atoms with Gasteiger partial charge < -0.3 is 9.47 Å². The van der Waals surface area contributed by atoms with Crippen molar-refractivity contribution in [3.8, 4) is 22.1 Å². The van der Waals surface area contributed by atoms with Gasteiger partial charge in [-0.25, -0.2) is 9.37 Å². The standard InChI is InChI=1S/C22H16Cl2FN5OS/c1-12-19-27-28-20(17-11-32-21(26-17)15-3-2-4-16(23)18(15)24)30(19)10-9-29(12)22(31)13-5-7-14(25)8-6-13/h2-8,11-12H,9-10H2,1H3. The number of nitrogens with zero attached hydrogens (tertiary/aromatic N) is 5. The van der Waals surface area contributed by atoms with E-state index in [1.807, 2.05) is 29.0 Å². The smallest absolute Gasteiger partial charge is 0.254 e. The summed E-state index contributed by atoms with van der Waals surface area (Å²) in [6, 6.07) is 10.7. The highest BCUT2D eigenvalue weighted by molar-refractivity contribution is 7.13. The predicted molar refractivity (Wildman–Crippen MR) is 122 cm³/mol. The second-order valence-corrected chi connectivity index (χ2v) is 9.00. The lowest BCUT2D eigenvalue weighted by Gasteiger charge is -2.33. The number of aromatic nitrogens is 4. The molecule has 1 unspecified atom stereocenters.